The molecular weight excluding hydrogens is 258 g/mol. The Labute approximate surface area is 117 Å². The lowest BCUT2D eigenvalue weighted by Crippen LogP contribution is -2.24. The highest BCUT2D eigenvalue weighted by atomic mass is 32.1. The molecule has 1 heterocycles. The van der Waals surface area contributed by atoms with Crippen LogP contribution < -0.4 is 5.32 Å². The van der Waals surface area contributed by atoms with Crippen molar-refractivity contribution in [3.63, 3.8) is 0 Å². The zero-order valence-corrected chi connectivity index (χ0v) is 11.7. The molecule has 0 aliphatic carbocycles. The molecule has 0 saturated heterocycles. The number of benzene rings is 1. The van der Waals surface area contributed by atoms with Crippen LogP contribution in [0.1, 0.15) is 16.1 Å². The molecule has 1 amide bonds. The summed E-state index contributed by atoms with van der Waals surface area (Å²) in [5, 5.41) is 2.89. The number of carbonyl (C=O) groups excluding carboxylic acids is 1. The highest BCUT2D eigenvalue weighted by molar-refractivity contribution is 7.17. The Kier molecular flexibility index (Phi) is 5.12. The van der Waals surface area contributed by atoms with Crippen molar-refractivity contribution >= 4 is 17.2 Å². The van der Waals surface area contributed by atoms with Gasteiger partial charge in [0.25, 0.3) is 5.91 Å². The minimum atomic E-state index is -0.0108. The first-order chi connectivity index (χ1) is 9.31. The number of amides is 1. The van der Waals surface area contributed by atoms with Crippen LogP contribution in [0.4, 0.5) is 0 Å². The molecule has 0 unspecified atom stereocenters. The van der Waals surface area contributed by atoms with Crippen molar-refractivity contribution in [3.8, 4) is 10.4 Å². The molecule has 3 nitrogen and oxygen atoms in total. The summed E-state index contributed by atoms with van der Waals surface area (Å²) < 4.78 is 4.94. The third-order valence-electron chi connectivity index (χ3n) is 2.70. The van der Waals surface area contributed by atoms with E-state index in [9.17, 15) is 4.79 Å². The Balaban J connectivity index is 1.95. The summed E-state index contributed by atoms with van der Waals surface area (Å²) >= 11 is 1.51. The van der Waals surface area contributed by atoms with Gasteiger partial charge in [0.1, 0.15) is 0 Å². The number of thiophene rings is 1. The molecule has 0 bridgehead atoms. The van der Waals surface area contributed by atoms with Gasteiger partial charge in [-0.1, -0.05) is 30.3 Å². The van der Waals surface area contributed by atoms with E-state index in [2.05, 4.69) is 5.32 Å². The second-order valence-electron chi connectivity index (χ2n) is 4.13. The zero-order chi connectivity index (χ0) is 13.5. The van der Waals surface area contributed by atoms with E-state index < -0.39 is 0 Å². The van der Waals surface area contributed by atoms with E-state index in [0.717, 1.165) is 21.7 Å². The number of rotatable bonds is 6. The van der Waals surface area contributed by atoms with Crippen LogP contribution in [-0.2, 0) is 4.74 Å². The largest absolute Gasteiger partial charge is 0.385 e. The molecule has 0 aliphatic heterocycles. The van der Waals surface area contributed by atoms with Gasteiger partial charge in [-0.05, 0) is 24.1 Å². The summed E-state index contributed by atoms with van der Waals surface area (Å²) in [6.07, 6.45) is 0.832. The maximum absolute atomic E-state index is 11.9. The van der Waals surface area contributed by atoms with E-state index in [1.54, 1.807) is 7.11 Å². The molecule has 1 N–H and O–H groups in total. The number of carbonyl (C=O) groups is 1. The van der Waals surface area contributed by atoms with Crippen LogP contribution >= 0.6 is 11.3 Å². The van der Waals surface area contributed by atoms with Gasteiger partial charge < -0.3 is 10.1 Å². The third-order valence-corrected chi connectivity index (χ3v) is 3.83. The van der Waals surface area contributed by atoms with Crippen molar-refractivity contribution in [1.29, 1.82) is 0 Å². The number of hydrogen-bond donors (Lipinski definition) is 1. The lowest BCUT2D eigenvalue weighted by Gasteiger charge is -2.02. The normalized spacial score (nSPS) is 10.4. The minimum Gasteiger partial charge on any atom is -0.385 e. The Morgan fingerprint density at radius 3 is 2.74 bits per heavy atom. The van der Waals surface area contributed by atoms with E-state index in [-0.39, 0.29) is 5.91 Å². The molecule has 0 saturated carbocycles. The first-order valence-electron chi connectivity index (χ1n) is 6.23. The van der Waals surface area contributed by atoms with Gasteiger partial charge in [0.2, 0.25) is 0 Å². The number of ether oxygens (including phenoxy) is 1. The average Bonchev–Trinajstić information content (AvgIpc) is 2.94. The van der Waals surface area contributed by atoms with Crippen LogP contribution in [0.5, 0.6) is 0 Å². The Hall–Kier alpha value is -1.65. The fraction of sp³-hybridized carbons (Fsp3) is 0.267. The van der Waals surface area contributed by atoms with Crippen LogP contribution in [0, 0.1) is 0 Å². The van der Waals surface area contributed by atoms with Crippen molar-refractivity contribution in [2.75, 3.05) is 20.3 Å². The molecule has 0 radical (unpaired) electrons. The molecule has 1 aromatic carbocycles. The fourth-order valence-electron chi connectivity index (χ4n) is 1.72. The molecule has 0 atom stereocenters. The average molecular weight is 275 g/mol. The van der Waals surface area contributed by atoms with Gasteiger partial charge >= 0.3 is 0 Å². The molecular formula is C15H17NO2S. The highest BCUT2D eigenvalue weighted by Gasteiger charge is 2.09. The SMILES string of the molecule is COCCCNC(=O)c1ccc(-c2ccccc2)s1. The summed E-state index contributed by atoms with van der Waals surface area (Å²) in [5.74, 6) is -0.0108. The van der Waals surface area contributed by atoms with Crippen LogP contribution in [0.25, 0.3) is 10.4 Å². The second kappa shape index (κ2) is 7.07. The quantitative estimate of drug-likeness (QED) is 0.822. The molecule has 100 valence electrons. The fourth-order valence-corrected chi connectivity index (χ4v) is 2.65. The van der Waals surface area contributed by atoms with Crippen LogP contribution in [-0.4, -0.2) is 26.2 Å². The predicted octanol–water partition coefficient (Wildman–Crippen LogP) is 3.18. The summed E-state index contributed by atoms with van der Waals surface area (Å²) in [7, 11) is 1.66. The third kappa shape index (κ3) is 3.91. The van der Waals surface area contributed by atoms with Gasteiger partial charge in [0.05, 0.1) is 4.88 Å². The summed E-state index contributed by atoms with van der Waals surface area (Å²) in [4.78, 5) is 13.8. The molecule has 1 aromatic heterocycles. The van der Waals surface area contributed by atoms with Crippen molar-refractivity contribution in [2.45, 2.75) is 6.42 Å². The van der Waals surface area contributed by atoms with Crippen molar-refractivity contribution < 1.29 is 9.53 Å². The van der Waals surface area contributed by atoms with Crippen molar-refractivity contribution in [2.24, 2.45) is 0 Å². The molecule has 0 spiro atoms. The van der Waals surface area contributed by atoms with Gasteiger partial charge in [-0.3, -0.25) is 4.79 Å². The van der Waals surface area contributed by atoms with Crippen LogP contribution in [0.15, 0.2) is 42.5 Å². The first-order valence-corrected chi connectivity index (χ1v) is 7.05. The summed E-state index contributed by atoms with van der Waals surface area (Å²) in [5.41, 5.74) is 1.14. The molecule has 4 heteroatoms. The molecule has 0 fully saturated rings. The summed E-state index contributed by atoms with van der Waals surface area (Å²) in [6, 6.07) is 13.9. The smallest absolute Gasteiger partial charge is 0.261 e. The Morgan fingerprint density at radius 1 is 1.21 bits per heavy atom. The Morgan fingerprint density at radius 2 is 2.00 bits per heavy atom. The maximum Gasteiger partial charge on any atom is 0.261 e. The van der Waals surface area contributed by atoms with E-state index in [4.69, 9.17) is 4.74 Å². The van der Waals surface area contributed by atoms with Crippen molar-refractivity contribution in [1.82, 2.24) is 5.32 Å². The lowest BCUT2D eigenvalue weighted by atomic mass is 10.2. The van der Waals surface area contributed by atoms with Crippen LogP contribution in [0.3, 0.4) is 0 Å². The monoisotopic (exact) mass is 275 g/mol. The lowest BCUT2D eigenvalue weighted by molar-refractivity contribution is 0.0952. The highest BCUT2D eigenvalue weighted by Crippen LogP contribution is 2.27. The maximum atomic E-state index is 11.9. The van der Waals surface area contributed by atoms with Crippen molar-refractivity contribution in [3.05, 3.63) is 47.3 Å². The zero-order valence-electron chi connectivity index (χ0n) is 10.9. The predicted molar refractivity (Wildman–Crippen MR) is 78.6 cm³/mol. The van der Waals surface area contributed by atoms with E-state index in [1.165, 1.54) is 11.3 Å². The van der Waals surface area contributed by atoms with Gasteiger partial charge in [-0.25, -0.2) is 0 Å². The van der Waals surface area contributed by atoms with E-state index >= 15 is 0 Å². The first kappa shape index (κ1) is 13.8. The number of hydrogen-bond acceptors (Lipinski definition) is 3. The Bertz CT molecular complexity index is 522. The molecule has 0 aliphatic rings. The topological polar surface area (TPSA) is 38.3 Å². The van der Waals surface area contributed by atoms with Crippen LogP contribution in [0.2, 0.25) is 0 Å². The van der Waals surface area contributed by atoms with Gasteiger partial charge in [0.15, 0.2) is 0 Å². The molecule has 2 rings (SSSR count). The minimum absolute atomic E-state index is 0.0108. The molecule has 19 heavy (non-hydrogen) atoms. The number of nitrogens with one attached hydrogen (secondary N) is 1. The van der Waals surface area contributed by atoms with Gasteiger partial charge in [-0.15, -0.1) is 11.3 Å². The number of methoxy groups -OCH3 is 1. The molecule has 2 aromatic rings. The van der Waals surface area contributed by atoms with Gasteiger partial charge in [-0.2, -0.15) is 0 Å². The van der Waals surface area contributed by atoms with E-state index in [0.29, 0.717) is 13.2 Å². The summed E-state index contributed by atoms with van der Waals surface area (Å²) in [6.45, 7) is 1.31. The standard InChI is InChI=1S/C15H17NO2S/c1-18-11-5-10-16-15(17)14-9-8-13(19-14)12-6-3-2-4-7-12/h2-4,6-9H,5,10-11H2,1H3,(H,16,17). The second-order valence-corrected chi connectivity index (χ2v) is 5.22. The van der Waals surface area contributed by atoms with E-state index in [1.807, 2.05) is 42.5 Å². The van der Waals surface area contributed by atoms with Gasteiger partial charge in [0, 0.05) is 25.1 Å².